The lowest BCUT2D eigenvalue weighted by molar-refractivity contribution is -0.104. The van der Waals surface area contributed by atoms with Crippen LogP contribution in [0.15, 0.2) is 11.6 Å². The fourth-order valence-corrected chi connectivity index (χ4v) is 8.54. The lowest BCUT2D eigenvalue weighted by atomic mass is 10.3. The largest absolute Gasteiger partial charge is 0.416 e. The molecule has 0 aliphatic heterocycles. The Bertz CT molecular complexity index is 258. The highest BCUT2D eigenvalue weighted by atomic mass is 28.4. The van der Waals surface area contributed by atoms with Gasteiger partial charge in [-0.15, -0.1) is 0 Å². The number of carbonyl (C=O) groups excluding carboxylic acids is 1. The predicted molar refractivity (Wildman–Crippen MR) is 81.4 cm³/mol. The summed E-state index contributed by atoms with van der Waals surface area (Å²) in [6.07, 6.45) is 3.71. The van der Waals surface area contributed by atoms with Crippen LogP contribution in [0.5, 0.6) is 0 Å². The summed E-state index contributed by atoms with van der Waals surface area (Å²) in [4.78, 5) is 10.5. The molecule has 0 atom stereocenters. The highest BCUT2D eigenvalue weighted by Crippen LogP contribution is 2.42. The molecule has 0 fully saturated rings. The Hall–Kier alpha value is -0.413. The van der Waals surface area contributed by atoms with E-state index in [9.17, 15) is 4.79 Å². The van der Waals surface area contributed by atoms with Crippen LogP contribution in [-0.2, 0) is 9.22 Å². The molecule has 0 amide bonds. The summed E-state index contributed by atoms with van der Waals surface area (Å²) in [5, 5.41) is 0. The maximum atomic E-state index is 10.5. The zero-order chi connectivity index (χ0) is 14.3. The molecule has 0 aromatic heterocycles. The van der Waals surface area contributed by atoms with Crippen molar-refractivity contribution >= 4 is 14.6 Å². The zero-order valence-corrected chi connectivity index (χ0v) is 14.1. The van der Waals surface area contributed by atoms with E-state index in [1.165, 1.54) is 0 Å². The van der Waals surface area contributed by atoms with Crippen LogP contribution in [0.25, 0.3) is 0 Å². The van der Waals surface area contributed by atoms with Crippen LogP contribution in [0.3, 0.4) is 0 Å². The summed E-state index contributed by atoms with van der Waals surface area (Å²) < 4.78 is 6.39. The van der Waals surface area contributed by atoms with Gasteiger partial charge in [0.2, 0.25) is 0 Å². The number of carbonyl (C=O) groups is 1. The second kappa shape index (κ2) is 7.90. The minimum Gasteiger partial charge on any atom is -0.416 e. The van der Waals surface area contributed by atoms with Gasteiger partial charge in [-0.2, -0.15) is 0 Å². The van der Waals surface area contributed by atoms with Crippen molar-refractivity contribution in [2.75, 3.05) is 6.61 Å². The molecular formula is C15H30O2Si. The van der Waals surface area contributed by atoms with Gasteiger partial charge in [-0.1, -0.05) is 47.6 Å². The average Bonchev–Trinajstić information content (AvgIpc) is 2.27. The Labute approximate surface area is 114 Å². The van der Waals surface area contributed by atoms with Crippen molar-refractivity contribution in [3.8, 4) is 0 Å². The average molecular weight is 270 g/mol. The maximum absolute atomic E-state index is 10.5. The smallest absolute Gasteiger partial charge is 0.200 e. The van der Waals surface area contributed by atoms with Crippen LogP contribution >= 0.6 is 0 Å². The van der Waals surface area contributed by atoms with Gasteiger partial charge in [-0.25, -0.2) is 0 Å². The number of aldehydes is 1. The van der Waals surface area contributed by atoms with Crippen LogP contribution in [0, 0.1) is 0 Å². The first-order valence-corrected chi connectivity index (χ1v) is 9.18. The lowest BCUT2D eigenvalue weighted by Gasteiger charge is -2.42. The first-order valence-electron chi connectivity index (χ1n) is 7.04. The standard InChI is InChI=1S/C15H30O2Si/c1-12(2)18(13(3)4,14(5)6)17-10-8-9-15(7)11-16/h9,11-14H,8,10H2,1-7H3/b15-9-. The van der Waals surface area contributed by atoms with Crippen LogP contribution in [0.2, 0.25) is 16.6 Å². The molecule has 0 aromatic carbocycles. The Kier molecular flexibility index (Phi) is 7.72. The summed E-state index contributed by atoms with van der Waals surface area (Å²) in [6.45, 7) is 16.3. The van der Waals surface area contributed by atoms with E-state index in [0.29, 0.717) is 16.6 Å². The maximum Gasteiger partial charge on any atom is 0.200 e. The monoisotopic (exact) mass is 270 g/mol. The van der Waals surface area contributed by atoms with E-state index in [-0.39, 0.29) is 0 Å². The van der Waals surface area contributed by atoms with Crippen molar-refractivity contribution in [1.29, 1.82) is 0 Å². The highest BCUT2D eigenvalue weighted by molar-refractivity contribution is 6.77. The van der Waals surface area contributed by atoms with Crippen molar-refractivity contribution in [3.63, 3.8) is 0 Å². The van der Waals surface area contributed by atoms with Crippen LogP contribution in [0.1, 0.15) is 54.9 Å². The topological polar surface area (TPSA) is 26.3 Å². The first-order chi connectivity index (χ1) is 8.28. The molecule has 0 heterocycles. The molecule has 106 valence electrons. The molecular weight excluding hydrogens is 240 g/mol. The summed E-state index contributed by atoms with van der Waals surface area (Å²) in [6, 6.07) is 0. The van der Waals surface area contributed by atoms with Crippen LogP contribution in [-0.4, -0.2) is 21.2 Å². The van der Waals surface area contributed by atoms with Gasteiger partial charge in [0.25, 0.3) is 0 Å². The second-order valence-corrected chi connectivity index (χ2v) is 11.5. The molecule has 18 heavy (non-hydrogen) atoms. The molecule has 0 bridgehead atoms. The van der Waals surface area contributed by atoms with Crippen LogP contribution in [0.4, 0.5) is 0 Å². The van der Waals surface area contributed by atoms with Gasteiger partial charge >= 0.3 is 0 Å². The number of hydrogen-bond acceptors (Lipinski definition) is 2. The van der Waals surface area contributed by atoms with Crippen molar-refractivity contribution in [1.82, 2.24) is 0 Å². The summed E-state index contributed by atoms with van der Waals surface area (Å²) >= 11 is 0. The molecule has 0 saturated carbocycles. The van der Waals surface area contributed by atoms with Gasteiger partial charge in [0, 0.05) is 6.61 Å². The molecule has 0 saturated heterocycles. The number of hydrogen-bond donors (Lipinski definition) is 0. The molecule has 0 spiro atoms. The minimum absolute atomic E-state index is 0.619. The fourth-order valence-electron chi connectivity index (χ4n) is 3.07. The molecule has 0 rings (SSSR count). The summed E-state index contributed by atoms with van der Waals surface area (Å²) in [5.74, 6) is 0. The Morgan fingerprint density at radius 1 is 1.06 bits per heavy atom. The van der Waals surface area contributed by atoms with Crippen molar-refractivity contribution < 1.29 is 9.22 Å². The molecule has 0 aliphatic carbocycles. The normalized spacial score (nSPS) is 13.8. The quantitative estimate of drug-likeness (QED) is 0.276. The van der Waals surface area contributed by atoms with E-state index in [4.69, 9.17) is 4.43 Å². The first kappa shape index (κ1) is 17.6. The van der Waals surface area contributed by atoms with Gasteiger partial charge in [0.15, 0.2) is 8.32 Å². The van der Waals surface area contributed by atoms with E-state index < -0.39 is 8.32 Å². The van der Waals surface area contributed by atoms with Crippen molar-refractivity contribution in [2.24, 2.45) is 0 Å². The lowest BCUT2D eigenvalue weighted by Crippen LogP contribution is -2.47. The van der Waals surface area contributed by atoms with Gasteiger partial charge in [-0.05, 0) is 35.5 Å². The van der Waals surface area contributed by atoms with E-state index in [1.54, 1.807) is 0 Å². The second-order valence-electron chi connectivity index (χ2n) is 6.02. The summed E-state index contributed by atoms with van der Waals surface area (Å²) in [5.41, 5.74) is 2.65. The Morgan fingerprint density at radius 2 is 1.50 bits per heavy atom. The number of allylic oxidation sites excluding steroid dienone is 1. The fraction of sp³-hybridized carbons (Fsp3) is 0.800. The molecule has 2 nitrogen and oxygen atoms in total. The third-order valence-corrected chi connectivity index (χ3v) is 9.95. The highest BCUT2D eigenvalue weighted by Gasteiger charge is 2.44. The minimum atomic E-state index is -1.73. The summed E-state index contributed by atoms with van der Waals surface area (Å²) in [7, 11) is -1.73. The van der Waals surface area contributed by atoms with Crippen molar-refractivity contribution in [3.05, 3.63) is 11.6 Å². The van der Waals surface area contributed by atoms with Gasteiger partial charge in [-0.3, -0.25) is 4.79 Å². The van der Waals surface area contributed by atoms with Gasteiger partial charge < -0.3 is 4.43 Å². The SMILES string of the molecule is C/C(C=O)=C/CCO[Si](C(C)C)(C(C)C)C(C)C. The predicted octanol–water partition coefficient (Wildman–Crippen LogP) is 4.71. The zero-order valence-electron chi connectivity index (χ0n) is 13.1. The Balaban J connectivity index is 4.67. The number of rotatable bonds is 8. The van der Waals surface area contributed by atoms with Gasteiger partial charge in [0.05, 0.1) is 0 Å². The van der Waals surface area contributed by atoms with E-state index in [0.717, 1.165) is 24.9 Å². The third-order valence-electron chi connectivity index (χ3n) is 3.83. The molecule has 0 N–H and O–H groups in total. The van der Waals surface area contributed by atoms with Crippen molar-refractivity contribution in [2.45, 2.75) is 71.5 Å². The molecule has 0 aliphatic rings. The Morgan fingerprint density at radius 3 is 1.83 bits per heavy atom. The molecule has 0 aromatic rings. The van der Waals surface area contributed by atoms with E-state index >= 15 is 0 Å². The molecule has 0 unspecified atom stereocenters. The molecule has 3 heteroatoms. The molecule has 0 radical (unpaired) electrons. The van der Waals surface area contributed by atoms with E-state index in [1.807, 2.05) is 13.0 Å². The van der Waals surface area contributed by atoms with Gasteiger partial charge in [0.1, 0.15) is 6.29 Å². The van der Waals surface area contributed by atoms with E-state index in [2.05, 4.69) is 41.5 Å². The third kappa shape index (κ3) is 4.36. The van der Waals surface area contributed by atoms with Crippen LogP contribution < -0.4 is 0 Å².